The molecule has 5 rings (SSSR count). The van der Waals surface area contributed by atoms with Crippen molar-refractivity contribution in [2.45, 2.75) is 141 Å². The Kier molecular flexibility index (Phi) is 37.2. The van der Waals surface area contributed by atoms with Crippen molar-refractivity contribution in [3.05, 3.63) is 88.2 Å². The number of ketones is 1. The Bertz CT molecular complexity index is 4270. The predicted octanol–water partition coefficient (Wildman–Crippen LogP) is 3.16. The van der Waals surface area contributed by atoms with Gasteiger partial charge in [0, 0.05) is 74.0 Å². The minimum absolute atomic E-state index is 0.0127. The summed E-state index contributed by atoms with van der Waals surface area (Å²) in [6.07, 6.45) is 9.77. The molecule has 2 aromatic carbocycles. The van der Waals surface area contributed by atoms with E-state index in [0.717, 1.165) is 12.0 Å². The van der Waals surface area contributed by atoms with Crippen LogP contribution in [-0.2, 0) is 112 Å². The van der Waals surface area contributed by atoms with Crippen LogP contribution in [0.4, 0.5) is 0 Å². The molecule has 2 atom stereocenters. The van der Waals surface area contributed by atoms with Gasteiger partial charge in [-0.05, 0) is 167 Å². The molecule has 2 unspecified atom stereocenters. The Morgan fingerprint density at radius 1 is 0.467 bits per heavy atom. The number of rotatable bonds is 57. The maximum Gasteiger partial charge on any atom is 0.264 e. The molecule has 0 aliphatic heterocycles. The van der Waals surface area contributed by atoms with Crippen molar-refractivity contribution in [2.75, 3.05) is 114 Å². The number of hydrogen-bond acceptors (Lipinski definition) is 28. The first-order valence-corrected chi connectivity index (χ1v) is 44.0. The summed E-state index contributed by atoms with van der Waals surface area (Å²) in [7, 11) is -24.3. The third kappa shape index (κ3) is 37.3. The van der Waals surface area contributed by atoms with Gasteiger partial charge in [0.25, 0.3) is 72.5 Å². The number of unbranched alkanes of at least 4 members (excludes halogenated alkanes) is 2. The van der Waals surface area contributed by atoms with Crippen LogP contribution in [0.3, 0.4) is 0 Å². The van der Waals surface area contributed by atoms with E-state index in [-0.39, 0.29) is 131 Å². The Hall–Kier alpha value is -7.05. The van der Waals surface area contributed by atoms with E-state index < -0.39 is 119 Å². The Labute approximate surface area is 623 Å². The van der Waals surface area contributed by atoms with Gasteiger partial charge in [-0.3, -0.25) is 51.1 Å². The minimum atomic E-state index is -4.37. The molecule has 44 heteroatoms. The largest absolute Gasteiger partial charge is 0.495 e. The fourth-order valence-electron chi connectivity index (χ4n) is 10.4. The molecule has 2 aromatic heterocycles. The molecule has 1 aliphatic carbocycles. The first kappa shape index (κ1) is 90.6. The molecule has 0 bridgehead atoms. The van der Waals surface area contributed by atoms with Crippen LogP contribution >= 0.6 is 0 Å². The molecule has 0 fully saturated rings. The second kappa shape index (κ2) is 44.0. The number of carbonyl (C=O) groups is 3. The van der Waals surface area contributed by atoms with Gasteiger partial charge in [0.15, 0.2) is 17.3 Å². The second-order valence-corrected chi connectivity index (χ2v) is 34.4. The van der Waals surface area contributed by atoms with Crippen molar-refractivity contribution in [1.82, 2.24) is 45.9 Å². The highest BCUT2D eigenvalue weighted by molar-refractivity contribution is 7.86. The quantitative estimate of drug-likeness (QED) is 0.0174. The number of aromatic nitrogens is 6. The summed E-state index contributed by atoms with van der Waals surface area (Å²) in [5, 5.41) is 25.8. The molecule has 107 heavy (non-hydrogen) atoms. The topological polar surface area (TPSA) is 549 Å². The smallest absolute Gasteiger partial charge is 0.264 e. The van der Waals surface area contributed by atoms with Crippen molar-refractivity contribution in [1.29, 1.82) is 0 Å². The van der Waals surface area contributed by atoms with Gasteiger partial charge in [0.05, 0.1) is 85.5 Å². The Balaban J connectivity index is 1.11. The Morgan fingerprint density at radius 3 is 1.32 bits per heavy atom. The van der Waals surface area contributed by atoms with E-state index in [1.54, 1.807) is 33.9 Å². The predicted molar refractivity (Wildman–Crippen MR) is 386 cm³/mol. The first-order valence-electron chi connectivity index (χ1n) is 34.3. The fraction of sp³-hybridized carbons (Fsp3) is 0.635. The number of amides is 2. The van der Waals surface area contributed by atoms with Gasteiger partial charge in [-0.1, -0.05) is 10.4 Å². The fourth-order valence-corrected chi connectivity index (χ4v) is 13.3. The number of hydrogen-bond donors (Lipinski definition) is 9. The molecule has 0 saturated heterocycles. The summed E-state index contributed by atoms with van der Waals surface area (Å²) < 4.78 is 243. The summed E-state index contributed by atoms with van der Waals surface area (Å²) in [5.74, 6) is -4.79. The van der Waals surface area contributed by atoms with Gasteiger partial charge in [-0.25, -0.2) is 0 Å². The second-order valence-electron chi connectivity index (χ2n) is 25.0. The van der Waals surface area contributed by atoms with Crippen LogP contribution in [0.25, 0.3) is 0 Å². The van der Waals surface area contributed by atoms with Crippen molar-refractivity contribution in [2.24, 2.45) is 0 Å². The van der Waals surface area contributed by atoms with Crippen molar-refractivity contribution >= 4 is 78.3 Å². The van der Waals surface area contributed by atoms with Gasteiger partial charge < -0.3 is 53.8 Å². The van der Waals surface area contributed by atoms with E-state index in [1.165, 1.54) is 38.1 Å². The van der Waals surface area contributed by atoms with Crippen molar-refractivity contribution in [3.63, 3.8) is 0 Å². The molecule has 38 nitrogen and oxygen atoms in total. The summed E-state index contributed by atoms with van der Waals surface area (Å²) in [4.78, 5) is 40.1. The molecular formula is C63H97N9O29S6. The average molecular weight is 1640 g/mol. The normalized spacial score (nSPS) is 15.1. The third-order valence-electron chi connectivity index (χ3n) is 15.5. The lowest BCUT2D eigenvalue weighted by molar-refractivity contribution is -0.121. The lowest BCUT2D eigenvalue weighted by Gasteiger charge is -2.39. The van der Waals surface area contributed by atoms with E-state index in [9.17, 15) is 92.2 Å². The zero-order valence-electron chi connectivity index (χ0n) is 59.7. The highest BCUT2D eigenvalue weighted by Gasteiger charge is 2.42. The van der Waals surface area contributed by atoms with Crippen LogP contribution in [0.1, 0.15) is 135 Å². The van der Waals surface area contributed by atoms with E-state index in [2.05, 4.69) is 36.6 Å². The summed E-state index contributed by atoms with van der Waals surface area (Å²) in [5.41, 5.74) is 1.04. The molecule has 604 valence electrons. The minimum Gasteiger partial charge on any atom is -0.495 e. The summed E-state index contributed by atoms with van der Waals surface area (Å²) in [6, 6.07) is 5.98. The molecule has 2 heterocycles. The van der Waals surface area contributed by atoms with Gasteiger partial charge >= 0.3 is 0 Å². The standard InChI is InChI=1S/C63H97N9O29S6/c1-47(73)48-39-54(94-25-6-4-17-51-45-71(69-67-51)23-9-21-65-61(74)49-41-56(96-27-11-33-102(76,77)78)59(99-30-14-36-105(85,86)87)57(42-49)97-28-12-34-103(79,80)81)53(19-8-20-64-3)55(40-48)95-26-7-5-18-52-46-72(70-68-52)24-10-22-66-62(75)50-43-58(98-29-13-35-104(82,83)84)60(100-31-15-37-106(88,89)90)63(2,44-50)101-32-16-38-107(91,92)93/h39-46,60,64H,4-38H2,1-3H3,(H,65,74)(H,66,75)(H,76,77,78)(H,79,80,81)(H,82,83,84)(H,85,86,87)(H,88,89,90)(H,91,92,93). The molecule has 4 aromatic rings. The van der Waals surface area contributed by atoms with Crippen LogP contribution in [0.5, 0.6) is 28.7 Å². The number of benzene rings is 2. The van der Waals surface area contributed by atoms with Gasteiger partial charge in [-0.2, -0.15) is 50.5 Å². The maximum absolute atomic E-state index is 13.7. The molecule has 0 spiro atoms. The van der Waals surface area contributed by atoms with E-state index in [0.29, 0.717) is 119 Å². The number of Topliss-reactive ketones (excluding diaryl/α,β-unsaturated/α-hetero) is 1. The van der Waals surface area contributed by atoms with Crippen LogP contribution < -0.4 is 39.6 Å². The van der Waals surface area contributed by atoms with E-state index in [4.69, 9.17) is 37.9 Å². The number of ether oxygens (including phenoxy) is 8. The van der Waals surface area contributed by atoms with Crippen molar-refractivity contribution < 1.29 is 130 Å². The van der Waals surface area contributed by atoms with Crippen LogP contribution in [0, 0.1) is 0 Å². The lowest BCUT2D eigenvalue weighted by atomic mass is 9.88. The van der Waals surface area contributed by atoms with E-state index >= 15 is 0 Å². The molecule has 0 radical (unpaired) electrons. The van der Waals surface area contributed by atoms with Crippen molar-refractivity contribution in [3.8, 4) is 28.7 Å². The highest BCUT2D eigenvalue weighted by atomic mass is 32.2. The summed E-state index contributed by atoms with van der Waals surface area (Å²) >= 11 is 0. The molecular weight excluding hydrogens is 1540 g/mol. The number of nitrogens with zero attached hydrogens (tertiary/aromatic N) is 6. The zero-order valence-corrected chi connectivity index (χ0v) is 64.5. The first-order chi connectivity index (χ1) is 50.3. The monoisotopic (exact) mass is 1640 g/mol. The lowest BCUT2D eigenvalue weighted by Crippen LogP contribution is -2.47. The third-order valence-corrected chi connectivity index (χ3v) is 20.4. The number of carbonyl (C=O) groups excluding carboxylic acids is 3. The van der Waals surface area contributed by atoms with Gasteiger partial charge in [0.1, 0.15) is 29.0 Å². The maximum atomic E-state index is 13.7. The molecule has 2 amide bonds. The van der Waals surface area contributed by atoms with Crippen LogP contribution in [0.15, 0.2) is 60.1 Å². The number of nitrogens with one attached hydrogen (secondary N) is 3. The van der Waals surface area contributed by atoms with E-state index in [1.807, 2.05) is 7.05 Å². The van der Waals surface area contributed by atoms with Crippen LogP contribution in [0.2, 0.25) is 0 Å². The summed E-state index contributed by atoms with van der Waals surface area (Å²) in [6.45, 7) is 3.51. The SMILES string of the molecule is CNCCCc1c(OCCCCc2cn(CCCNC(=O)C3=CC(C)(OCCCS(=O)(=O)O)C(OCCCS(=O)(=O)O)C(OCCCS(=O)(=O)O)=C3)nn2)cc(C(C)=O)cc1OCCCCc1cn(CCCNC(=O)c2cc(OCCCS(=O)(=O)O)c(OCCCS(=O)(=O)O)c(OCCCS(=O)(=O)O)c2)nn1. The zero-order chi connectivity index (χ0) is 78.9. The van der Waals surface area contributed by atoms with Crippen LogP contribution in [-0.4, -0.2) is 251 Å². The van der Waals surface area contributed by atoms with Gasteiger partial charge in [0.2, 0.25) is 5.75 Å². The van der Waals surface area contributed by atoms with Gasteiger partial charge in [-0.15, -0.1) is 10.2 Å². The number of aryl methyl sites for hydroxylation is 4. The Morgan fingerprint density at radius 2 is 0.869 bits per heavy atom. The molecule has 0 saturated carbocycles. The molecule has 1 aliphatic rings. The average Bonchev–Trinajstić information content (AvgIpc) is 1.56. The highest BCUT2D eigenvalue weighted by Crippen LogP contribution is 2.40. The molecule has 9 N–H and O–H groups in total.